The lowest BCUT2D eigenvalue weighted by molar-refractivity contribution is -0.306. The third kappa shape index (κ3) is 9.12. The molecular formula is C50H52N2O16. The molecule has 8 rings (SSSR count). The number of hydrogen-bond donors (Lipinski definition) is 6. The zero-order valence-corrected chi connectivity index (χ0v) is 38.4. The number of methoxy groups -OCH3 is 2. The van der Waals surface area contributed by atoms with Crippen LogP contribution in [0.1, 0.15) is 59.5 Å². The van der Waals surface area contributed by atoms with Crippen LogP contribution >= 0.6 is 0 Å². The number of benzene rings is 4. The molecule has 2 aliphatic heterocycles. The van der Waals surface area contributed by atoms with Gasteiger partial charge in [-0.05, 0) is 113 Å². The Morgan fingerprint density at radius 2 is 0.941 bits per heavy atom. The Labute approximate surface area is 388 Å². The molecule has 18 nitrogen and oxygen atoms in total. The summed E-state index contributed by atoms with van der Waals surface area (Å²) in [6.45, 7) is 10.1. The second-order valence-corrected chi connectivity index (χ2v) is 17.9. The predicted molar refractivity (Wildman–Crippen MR) is 247 cm³/mol. The Morgan fingerprint density at radius 3 is 1.31 bits per heavy atom. The lowest BCUT2D eigenvalue weighted by Gasteiger charge is -2.46. The minimum atomic E-state index is -1.44. The van der Waals surface area contributed by atoms with E-state index in [1.807, 2.05) is 0 Å². The van der Waals surface area contributed by atoms with E-state index in [1.54, 1.807) is 114 Å². The van der Waals surface area contributed by atoms with Gasteiger partial charge in [-0.25, -0.2) is 9.59 Å². The normalized spacial score (nSPS) is 24.4. The van der Waals surface area contributed by atoms with E-state index in [9.17, 15) is 39.6 Å². The summed E-state index contributed by atoms with van der Waals surface area (Å²) in [6, 6.07) is 22.5. The van der Waals surface area contributed by atoms with E-state index >= 15 is 0 Å². The number of nitrogens with one attached hydrogen (secondary N) is 2. The smallest absolute Gasteiger partial charge is 0.360 e. The fourth-order valence-electron chi connectivity index (χ4n) is 8.77. The zero-order chi connectivity index (χ0) is 49.0. The fraction of sp³-hybridized carbons (Fsp3) is 0.360. The Bertz CT molecular complexity index is 2830. The average Bonchev–Trinajstić information content (AvgIpc) is 3.30. The molecule has 4 heterocycles. The van der Waals surface area contributed by atoms with Crippen LogP contribution in [0.5, 0.6) is 11.5 Å². The topological polar surface area (TPSA) is 255 Å². The zero-order valence-electron chi connectivity index (χ0n) is 38.4. The summed E-state index contributed by atoms with van der Waals surface area (Å²) in [7, 11) is 2.81. The highest BCUT2D eigenvalue weighted by Gasteiger charge is 2.52. The van der Waals surface area contributed by atoms with E-state index in [4.69, 9.17) is 37.3 Å². The van der Waals surface area contributed by atoms with E-state index in [0.29, 0.717) is 33.0 Å². The van der Waals surface area contributed by atoms with Crippen LogP contribution in [0.15, 0.2) is 103 Å². The Kier molecular flexibility index (Phi) is 13.1. The second kappa shape index (κ2) is 18.5. The molecule has 0 radical (unpaired) electrons. The molecule has 6 N–H and O–H groups in total. The van der Waals surface area contributed by atoms with E-state index in [0.717, 1.165) is 0 Å². The molecule has 4 aromatic carbocycles. The maximum Gasteiger partial charge on any atom is 0.360 e. The molecule has 2 fully saturated rings. The van der Waals surface area contributed by atoms with Crippen molar-refractivity contribution in [3.63, 3.8) is 0 Å². The third-order valence-corrected chi connectivity index (χ3v) is 12.4. The number of amides is 2. The summed E-state index contributed by atoms with van der Waals surface area (Å²) in [6.07, 6.45) is -9.63. The van der Waals surface area contributed by atoms with Crippen molar-refractivity contribution in [3.05, 3.63) is 128 Å². The first-order valence-electron chi connectivity index (χ1n) is 21.7. The second-order valence-electron chi connectivity index (χ2n) is 17.9. The number of fused-ring (bicyclic) bond motifs is 2. The number of ether oxygens (including phenoxy) is 6. The van der Waals surface area contributed by atoms with Crippen LogP contribution < -0.4 is 31.4 Å². The Hall–Kier alpha value is -6.48. The average molecular weight is 937 g/mol. The lowest BCUT2D eigenvalue weighted by Crippen LogP contribution is -2.63. The number of carbonyl (C=O) groups excluding carboxylic acids is 2. The van der Waals surface area contributed by atoms with E-state index in [-0.39, 0.29) is 45.2 Å². The van der Waals surface area contributed by atoms with Crippen LogP contribution in [-0.4, -0.2) is 107 Å². The van der Waals surface area contributed by atoms with Gasteiger partial charge in [0.25, 0.3) is 11.8 Å². The van der Waals surface area contributed by atoms with Gasteiger partial charge in [0.15, 0.2) is 0 Å². The molecule has 358 valence electrons. The van der Waals surface area contributed by atoms with Crippen LogP contribution in [0.3, 0.4) is 0 Å². The van der Waals surface area contributed by atoms with Crippen molar-refractivity contribution in [2.75, 3.05) is 24.9 Å². The number of rotatable bonds is 11. The predicted octanol–water partition coefficient (Wildman–Crippen LogP) is 5.19. The van der Waals surface area contributed by atoms with Crippen LogP contribution in [-0.2, 0) is 18.9 Å². The van der Waals surface area contributed by atoms with Crippen molar-refractivity contribution in [2.45, 2.75) is 102 Å². The first-order chi connectivity index (χ1) is 32.2. The number of aryl methyl sites for hydroxylation is 2. The summed E-state index contributed by atoms with van der Waals surface area (Å²) in [5.74, 6) is -0.749. The highest BCUT2D eigenvalue weighted by Crippen LogP contribution is 2.37. The number of hydrogen-bond acceptors (Lipinski definition) is 16. The van der Waals surface area contributed by atoms with Crippen molar-refractivity contribution < 1.29 is 67.3 Å². The number of aliphatic hydroxyl groups excluding tert-OH is 4. The van der Waals surface area contributed by atoms with Crippen molar-refractivity contribution >= 4 is 45.1 Å². The molecule has 0 bridgehead atoms. The van der Waals surface area contributed by atoms with Gasteiger partial charge < -0.3 is 68.3 Å². The number of aliphatic hydroxyl groups is 4. The van der Waals surface area contributed by atoms with Gasteiger partial charge in [0.1, 0.15) is 70.7 Å². The molecule has 2 aliphatic rings. The molecule has 2 saturated heterocycles. The molecule has 6 aromatic rings. The molecule has 2 aromatic heterocycles. The maximum absolute atomic E-state index is 13.6. The van der Waals surface area contributed by atoms with Crippen LogP contribution in [0, 0.1) is 13.8 Å². The maximum atomic E-state index is 13.6. The van der Waals surface area contributed by atoms with Gasteiger partial charge in [-0.3, -0.25) is 9.59 Å². The quantitative estimate of drug-likeness (QED) is 0.0914. The van der Waals surface area contributed by atoms with Gasteiger partial charge >= 0.3 is 11.3 Å². The Morgan fingerprint density at radius 1 is 0.559 bits per heavy atom. The van der Waals surface area contributed by atoms with Crippen molar-refractivity contribution in [2.24, 2.45) is 0 Å². The minimum absolute atomic E-state index is 0.122. The highest BCUT2D eigenvalue weighted by molar-refractivity contribution is 6.07. The summed E-state index contributed by atoms with van der Waals surface area (Å²) in [5, 5.41) is 49.0. The molecule has 68 heavy (non-hydrogen) atoms. The van der Waals surface area contributed by atoms with Gasteiger partial charge in [0, 0.05) is 47.2 Å². The van der Waals surface area contributed by atoms with Crippen molar-refractivity contribution in [1.29, 1.82) is 0 Å². The van der Waals surface area contributed by atoms with Gasteiger partial charge in [-0.15, -0.1) is 0 Å². The van der Waals surface area contributed by atoms with Crippen molar-refractivity contribution in [3.8, 4) is 22.6 Å². The monoisotopic (exact) mass is 936 g/mol. The summed E-state index contributed by atoms with van der Waals surface area (Å²) >= 11 is 0. The summed E-state index contributed by atoms with van der Waals surface area (Å²) in [5.41, 5.74) is -1.20. The van der Waals surface area contributed by atoms with E-state index < -0.39 is 83.5 Å². The third-order valence-electron chi connectivity index (χ3n) is 12.4. The lowest BCUT2D eigenvalue weighted by atomic mass is 9.89. The highest BCUT2D eigenvalue weighted by atomic mass is 16.7. The first kappa shape index (κ1) is 48.0. The molecule has 2 amide bonds. The van der Waals surface area contributed by atoms with Gasteiger partial charge in [0.05, 0.1) is 11.2 Å². The fourth-order valence-corrected chi connectivity index (χ4v) is 8.77. The summed E-state index contributed by atoms with van der Waals surface area (Å²) < 4.78 is 45.8. The molecule has 8 atom stereocenters. The molecule has 18 heteroatoms. The number of anilines is 2. The first-order valence-corrected chi connectivity index (χ1v) is 21.7. The number of carbonyl (C=O) groups is 2. The van der Waals surface area contributed by atoms with E-state index in [2.05, 4.69) is 10.6 Å². The SMILES string of the molecule is CO[C@@H]1[C@@H](O)[C@@H](O)[C@H](Oc2ccc3cc(NC(=O)c4cccc(-c5cccc(C(=O)Nc6cc7ccc(O[C@@H]8OC(C)(C)[C@H](OC)[C@@H](O)[C@H]8O)c(C)c7oc6=O)c5)c4)c(=O)oc3c2C)OC1(C)C. The standard InChI is InChI=1S/C50H52N2O16/c1-23-33(63-47-37(55)35(53)41(61-7)49(3,4)67-47)17-15-27-21-31(45(59)65-39(23)27)51-43(57)29-13-9-11-25(19-29)26-12-10-14-30(20-26)44(58)52-32-22-28-16-18-34(24(2)40(28)66-46(32)60)64-48-38(56)36(54)42(62-8)50(5,6)68-48/h9-22,35-38,41-42,47-48,53-56H,1-8H3,(H,51,57)(H,52,58)/t35-,36-,37+,38+,41+,42+,47+,48+/m0/s1. The molecule has 0 spiro atoms. The summed E-state index contributed by atoms with van der Waals surface area (Å²) in [4.78, 5) is 53.6. The Balaban J connectivity index is 0.948. The van der Waals surface area contributed by atoms with E-state index in [1.165, 1.54) is 26.4 Å². The molecule has 0 saturated carbocycles. The molecule has 0 aliphatic carbocycles. The van der Waals surface area contributed by atoms with Crippen LogP contribution in [0.2, 0.25) is 0 Å². The van der Waals surface area contributed by atoms with Gasteiger partial charge in [-0.1, -0.05) is 24.3 Å². The van der Waals surface area contributed by atoms with Gasteiger partial charge in [-0.2, -0.15) is 0 Å². The molecule has 0 unspecified atom stereocenters. The van der Waals surface area contributed by atoms with Crippen molar-refractivity contribution in [1.82, 2.24) is 0 Å². The molecular weight excluding hydrogens is 885 g/mol. The largest absolute Gasteiger partial charge is 0.462 e. The van der Waals surface area contributed by atoms with Gasteiger partial charge in [0.2, 0.25) is 12.6 Å². The van der Waals surface area contributed by atoms with Crippen LogP contribution in [0.25, 0.3) is 33.1 Å². The minimum Gasteiger partial charge on any atom is -0.462 e. The van der Waals surface area contributed by atoms with Crippen LogP contribution in [0.4, 0.5) is 11.4 Å².